The van der Waals surface area contributed by atoms with Gasteiger partial charge in [0, 0.05) is 20.2 Å². The molecule has 1 rings (SSSR count). The van der Waals surface area contributed by atoms with Crippen LogP contribution in [0.4, 0.5) is 0 Å². The molecule has 5 nitrogen and oxygen atoms in total. The van der Waals surface area contributed by atoms with Gasteiger partial charge in [0.1, 0.15) is 12.2 Å². The van der Waals surface area contributed by atoms with Crippen LogP contribution < -0.4 is 5.32 Å². The minimum atomic E-state index is -1.50. The van der Waals surface area contributed by atoms with Gasteiger partial charge in [0.05, 0.1) is 0 Å². The molecule has 1 saturated heterocycles. The van der Waals surface area contributed by atoms with Gasteiger partial charge in [0.15, 0.2) is 11.6 Å². The Bertz CT molecular complexity index is 464. The number of hydrogen-bond acceptors (Lipinski definition) is 4. The van der Waals surface area contributed by atoms with Gasteiger partial charge >= 0.3 is 0 Å². The normalized spacial score (nSPS) is 23.9. The van der Waals surface area contributed by atoms with E-state index < -0.39 is 24.0 Å². The SMILES string of the molecule is [2H][C@@](CC(=O)[C@H]1O[C@@H]1C(C)=O)(CC(C)C)C(=O)NCCC(C)C. The predicted molar refractivity (Wildman–Crippen MR) is 84.4 cm³/mol. The van der Waals surface area contributed by atoms with Crippen molar-refractivity contribution in [2.45, 2.75) is 66.1 Å². The summed E-state index contributed by atoms with van der Waals surface area (Å²) in [6, 6.07) is 0. The minimum Gasteiger partial charge on any atom is -0.356 e. The topological polar surface area (TPSA) is 75.8 Å². The highest BCUT2D eigenvalue weighted by molar-refractivity contribution is 5.97. The molecule has 0 bridgehead atoms. The third kappa shape index (κ3) is 6.26. The summed E-state index contributed by atoms with van der Waals surface area (Å²) in [4.78, 5) is 35.8. The first-order chi connectivity index (χ1) is 10.6. The molecule has 1 aliphatic rings. The van der Waals surface area contributed by atoms with Crippen LogP contribution in [0.15, 0.2) is 0 Å². The fraction of sp³-hybridized carbons (Fsp3) is 0.824. The second-order valence-electron chi connectivity index (χ2n) is 6.87. The highest BCUT2D eigenvalue weighted by atomic mass is 16.6. The van der Waals surface area contributed by atoms with Gasteiger partial charge in [0.25, 0.3) is 0 Å². The summed E-state index contributed by atoms with van der Waals surface area (Å²) in [6.07, 6.45) is -0.547. The number of carbonyl (C=O) groups is 3. The Morgan fingerprint density at radius 3 is 2.23 bits per heavy atom. The maximum atomic E-state index is 12.4. The third-order valence-corrected chi connectivity index (χ3v) is 3.58. The minimum absolute atomic E-state index is 0.111. The van der Waals surface area contributed by atoms with Crippen LogP contribution in [0.5, 0.6) is 0 Å². The number of ketones is 2. The molecule has 126 valence electrons. The number of rotatable bonds is 10. The molecule has 0 aromatic rings. The summed E-state index contributed by atoms with van der Waals surface area (Å²) >= 11 is 0. The van der Waals surface area contributed by atoms with E-state index in [9.17, 15) is 14.4 Å². The average Bonchev–Trinajstić information content (AvgIpc) is 3.17. The number of hydrogen-bond donors (Lipinski definition) is 1. The fourth-order valence-corrected chi connectivity index (χ4v) is 2.31. The number of Topliss-reactive ketones (excluding diaryl/α,β-unsaturated/α-hetero) is 2. The van der Waals surface area contributed by atoms with Gasteiger partial charge < -0.3 is 10.1 Å². The summed E-state index contributed by atoms with van der Waals surface area (Å²) in [5.41, 5.74) is 0. The van der Waals surface area contributed by atoms with Gasteiger partial charge in [-0.2, -0.15) is 0 Å². The predicted octanol–water partition coefficient (Wildman–Crippen LogP) is 2.13. The molecule has 0 saturated carbocycles. The van der Waals surface area contributed by atoms with E-state index in [1.165, 1.54) is 6.92 Å². The van der Waals surface area contributed by atoms with E-state index in [1.54, 1.807) is 0 Å². The Labute approximate surface area is 134 Å². The quantitative estimate of drug-likeness (QED) is 0.627. The molecule has 22 heavy (non-hydrogen) atoms. The lowest BCUT2D eigenvalue weighted by Crippen LogP contribution is -2.34. The van der Waals surface area contributed by atoms with E-state index in [0.29, 0.717) is 18.9 Å². The van der Waals surface area contributed by atoms with Crippen LogP contribution in [0.2, 0.25) is 0 Å². The van der Waals surface area contributed by atoms with Crippen molar-refractivity contribution in [3.63, 3.8) is 0 Å². The molecular weight excluding hydrogens is 282 g/mol. The molecule has 1 heterocycles. The molecule has 0 spiro atoms. The van der Waals surface area contributed by atoms with Gasteiger partial charge in [0.2, 0.25) is 5.91 Å². The number of carbonyl (C=O) groups excluding carboxylic acids is 3. The smallest absolute Gasteiger partial charge is 0.223 e. The Balaban J connectivity index is 2.68. The Kier molecular flexibility index (Phi) is 6.55. The van der Waals surface area contributed by atoms with Crippen molar-refractivity contribution >= 4 is 17.5 Å². The van der Waals surface area contributed by atoms with Crippen molar-refractivity contribution in [3.8, 4) is 0 Å². The van der Waals surface area contributed by atoms with E-state index in [2.05, 4.69) is 19.2 Å². The standard InChI is InChI=1S/C17H29NO4/c1-10(2)6-7-18-17(21)13(8-11(3)4)9-14(20)16-15(22-16)12(5)19/h10-11,13,15-16H,6-9H2,1-5H3,(H,18,21)/t13-,15+,16+/m0/s1/i13D. The highest BCUT2D eigenvalue weighted by Crippen LogP contribution is 2.27. The van der Waals surface area contributed by atoms with Crippen LogP contribution in [-0.4, -0.2) is 36.2 Å². The number of epoxide rings is 1. The zero-order chi connectivity index (χ0) is 17.8. The van der Waals surface area contributed by atoms with Crippen LogP contribution in [0, 0.1) is 17.7 Å². The molecule has 0 aliphatic carbocycles. The first-order valence-electron chi connectivity index (χ1n) is 8.53. The van der Waals surface area contributed by atoms with E-state index in [1.807, 2.05) is 13.8 Å². The van der Waals surface area contributed by atoms with Crippen molar-refractivity contribution in [1.29, 1.82) is 0 Å². The fourth-order valence-electron chi connectivity index (χ4n) is 2.31. The maximum Gasteiger partial charge on any atom is 0.223 e. The van der Waals surface area contributed by atoms with Crippen molar-refractivity contribution in [2.75, 3.05) is 6.54 Å². The lowest BCUT2D eigenvalue weighted by Gasteiger charge is -2.18. The van der Waals surface area contributed by atoms with Crippen LogP contribution >= 0.6 is 0 Å². The summed E-state index contributed by atoms with van der Waals surface area (Å²) in [6.45, 7) is 9.83. The first kappa shape index (κ1) is 17.1. The monoisotopic (exact) mass is 312 g/mol. The van der Waals surface area contributed by atoms with E-state index in [4.69, 9.17) is 6.11 Å². The molecule has 5 heteroatoms. The average molecular weight is 312 g/mol. The number of ether oxygens (including phenoxy) is 1. The highest BCUT2D eigenvalue weighted by Gasteiger charge is 2.48. The summed E-state index contributed by atoms with van der Waals surface area (Å²) in [7, 11) is 0. The largest absolute Gasteiger partial charge is 0.356 e. The second kappa shape index (κ2) is 8.42. The zero-order valence-corrected chi connectivity index (χ0v) is 14.3. The van der Waals surface area contributed by atoms with Crippen molar-refractivity contribution in [1.82, 2.24) is 5.32 Å². The van der Waals surface area contributed by atoms with Crippen LogP contribution in [0.25, 0.3) is 0 Å². The Hall–Kier alpha value is -1.23. The molecule has 1 fully saturated rings. The Morgan fingerprint density at radius 1 is 1.14 bits per heavy atom. The molecule has 3 atom stereocenters. The van der Waals surface area contributed by atoms with Gasteiger partial charge in [-0.15, -0.1) is 0 Å². The van der Waals surface area contributed by atoms with Crippen molar-refractivity contribution < 1.29 is 20.5 Å². The van der Waals surface area contributed by atoms with Crippen molar-refractivity contribution in [3.05, 3.63) is 0 Å². The lowest BCUT2D eigenvalue weighted by atomic mass is 9.90. The number of amides is 1. The number of nitrogens with one attached hydrogen (secondary N) is 1. The second-order valence-corrected chi connectivity index (χ2v) is 6.87. The molecular formula is C17H29NO4. The van der Waals surface area contributed by atoms with E-state index >= 15 is 0 Å². The van der Waals surface area contributed by atoms with Gasteiger partial charge in [-0.1, -0.05) is 27.7 Å². The zero-order valence-electron chi connectivity index (χ0n) is 15.3. The molecule has 0 unspecified atom stereocenters. The van der Waals surface area contributed by atoms with Crippen LogP contribution in [0.1, 0.15) is 55.3 Å². The molecule has 1 aliphatic heterocycles. The Morgan fingerprint density at radius 2 is 1.77 bits per heavy atom. The molecule has 0 aromatic heterocycles. The lowest BCUT2D eigenvalue weighted by molar-refractivity contribution is -0.130. The van der Waals surface area contributed by atoms with Gasteiger partial charge in [-0.05, 0) is 31.6 Å². The first-order valence-corrected chi connectivity index (χ1v) is 8.03. The van der Waals surface area contributed by atoms with Gasteiger partial charge in [-0.3, -0.25) is 14.4 Å². The summed E-state index contributed by atoms with van der Waals surface area (Å²) in [5.74, 6) is -1.88. The van der Waals surface area contributed by atoms with Crippen LogP contribution in [-0.2, 0) is 19.1 Å². The van der Waals surface area contributed by atoms with Gasteiger partial charge in [-0.25, -0.2) is 0 Å². The molecule has 0 radical (unpaired) electrons. The summed E-state index contributed by atoms with van der Waals surface area (Å²) in [5, 5.41) is 2.77. The van der Waals surface area contributed by atoms with Crippen molar-refractivity contribution in [2.24, 2.45) is 17.7 Å². The maximum absolute atomic E-state index is 12.4. The van der Waals surface area contributed by atoms with E-state index in [-0.39, 0.29) is 23.9 Å². The third-order valence-electron chi connectivity index (χ3n) is 3.58. The molecule has 1 N–H and O–H groups in total. The summed E-state index contributed by atoms with van der Waals surface area (Å²) < 4.78 is 13.6. The van der Waals surface area contributed by atoms with Crippen LogP contribution in [0.3, 0.4) is 0 Å². The molecule has 0 aromatic carbocycles. The molecule has 1 amide bonds. The van der Waals surface area contributed by atoms with E-state index in [0.717, 1.165) is 6.42 Å².